The van der Waals surface area contributed by atoms with Crippen molar-refractivity contribution < 1.29 is 4.79 Å². The monoisotopic (exact) mass is 412 g/mol. The molecule has 0 radical (unpaired) electrons. The van der Waals surface area contributed by atoms with E-state index in [1.807, 2.05) is 49.4 Å². The van der Waals surface area contributed by atoms with Crippen LogP contribution in [0.4, 0.5) is 5.69 Å². The van der Waals surface area contributed by atoms with Gasteiger partial charge in [-0.25, -0.2) is 9.67 Å². The SMILES string of the molecule is Cc1ccccc1-n1ncc2c(=O)n(CC(=O)N(CCC#N)c3ccccc3)cnc21. The molecular formula is C23H20N6O2. The second kappa shape index (κ2) is 8.63. The fourth-order valence-electron chi connectivity index (χ4n) is 3.44. The minimum Gasteiger partial charge on any atom is -0.310 e. The molecule has 0 atom stereocenters. The fourth-order valence-corrected chi connectivity index (χ4v) is 3.44. The summed E-state index contributed by atoms with van der Waals surface area (Å²) < 4.78 is 2.90. The molecule has 0 bridgehead atoms. The lowest BCUT2D eigenvalue weighted by Crippen LogP contribution is -2.37. The number of hydrogen-bond acceptors (Lipinski definition) is 5. The molecule has 0 saturated carbocycles. The van der Waals surface area contributed by atoms with Crippen LogP contribution >= 0.6 is 0 Å². The third-order valence-corrected chi connectivity index (χ3v) is 5.02. The van der Waals surface area contributed by atoms with Crippen molar-refractivity contribution in [2.45, 2.75) is 19.9 Å². The van der Waals surface area contributed by atoms with Crippen molar-refractivity contribution in [3.8, 4) is 11.8 Å². The number of carbonyl (C=O) groups is 1. The lowest BCUT2D eigenvalue weighted by atomic mass is 10.2. The number of anilines is 1. The van der Waals surface area contributed by atoms with Crippen molar-refractivity contribution in [3.63, 3.8) is 0 Å². The highest BCUT2D eigenvalue weighted by atomic mass is 16.2. The number of aryl methyl sites for hydroxylation is 1. The number of fused-ring (bicyclic) bond motifs is 1. The van der Waals surface area contributed by atoms with Gasteiger partial charge in [-0.1, -0.05) is 36.4 Å². The minimum absolute atomic E-state index is 0.183. The first-order valence-electron chi connectivity index (χ1n) is 9.81. The number of nitrogens with zero attached hydrogens (tertiary/aromatic N) is 6. The minimum atomic E-state index is -0.341. The van der Waals surface area contributed by atoms with Crippen LogP contribution < -0.4 is 10.5 Å². The Morgan fingerprint density at radius 1 is 1.13 bits per heavy atom. The predicted molar refractivity (Wildman–Crippen MR) is 117 cm³/mol. The molecule has 0 aliphatic carbocycles. The van der Waals surface area contributed by atoms with Gasteiger partial charge in [0.2, 0.25) is 5.91 Å². The number of aromatic nitrogens is 4. The molecule has 0 N–H and O–H groups in total. The second-order valence-electron chi connectivity index (χ2n) is 7.05. The first-order valence-corrected chi connectivity index (χ1v) is 9.81. The van der Waals surface area contributed by atoms with E-state index in [-0.39, 0.29) is 31.0 Å². The maximum absolute atomic E-state index is 13.0. The third-order valence-electron chi connectivity index (χ3n) is 5.02. The molecule has 0 aliphatic rings. The zero-order valence-electron chi connectivity index (χ0n) is 17.0. The van der Waals surface area contributed by atoms with Crippen LogP contribution in [0.1, 0.15) is 12.0 Å². The number of amides is 1. The molecule has 0 aliphatic heterocycles. The molecule has 4 rings (SSSR count). The average molecular weight is 412 g/mol. The van der Waals surface area contributed by atoms with Gasteiger partial charge in [-0.15, -0.1) is 0 Å². The van der Waals surface area contributed by atoms with E-state index in [9.17, 15) is 9.59 Å². The summed E-state index contributed by atoms with van der Waals surface area (Å²) in [6.07, 6.45) is 3.03. The third kappa shape index (κ3) is 3.94. The first kappa shape index (κ1) is 20.0. The fraction of sp³-hybridized carbons (Fsp3) is 0.174. The molecule has 31 heavy (non-hydrogen) atoms. The molecule has 154 valence electrons. The highest BCUT2D eigenvalue weighted by Crippen LogP contribution is 2.18. The predicted octanol–water partition coefficient (Wildman–Crippen LogP) is 2.84. The highest BCUT2D eigenvalue weighted by Gasteiger charge is 2.18. The molecule has 0 saturated heterocycles. The molecule has 2 heterocycles. The molecule has 0 fully saturated rings. The summed E-state index contributed by atoms with van der Waals surface area (Å²) >= 11 is 0. The molecule has 0 unspecified atom stereocenters. The Bertz CT molecular complexity index is 1330. The van der Waals surface area contributed by atoms with Crippen molar-refractivity contribution in [2.24, 2.45) is 0 Å². The second-order valence-corrected chi connectivity index (χ2v) is 7.05. The summed E-state index contributed by atoms with van der Waals surface area (Å²) in [5.41, 5.74) is 2.62. The topological polar surface area (TPSA) is 96.8 Å². The van der Waals surface area contributed by atoms with Gasteiger partial charge >= 0.3 is 0 Å². The van der Waals surface area contributed by atoms with Crippen LogP contribution in [0.2, 0.25) is 0 Å². The molecule has 1 amide bonds. The molecule has 8 nitrogen and oxygen atoms in total. The normalized spacial score (nSPS) is 10.7. The van der Waals surface area contributed by atoms with Crippen LogP contribution in [0.5, 0.6) is 0 Å². The Morgan fingerprint density at radius 2 is 1.87 bits per heavy atom. The lowest BCUT2D eigenvalue weighted by Gasteiger charge is -2.22. The van der Waals surface area contributed by atoms with E-state index in [4.69, 9.17) is 5.26 Å². The van der Waals surface area contributed by atoms with Crippen LogP contribution in [-0.4, -0.2) is 31.8 Å². The Kier molecular flexibility index (Phi) is 5.58. The molecule has 4 aromatic rings. The number of benzene rings is 2. The van der Waals surface area contributed by atoms with Crippen LogP contribution in [0, 0.1) is 18.3 Å². The number of hydrogen-bond donors (Lipinski definition) is 0. The van der Waals surface area contributed by atoms with E-state index in [1.54, 1.807) is 16.8 Å². The van der Waals surface area contributed by atoms with E-state index in [0.29, 0.717) is 16.7 Å². The van der Waals surface area contributed by atoms with Gasteiger partial charge in [0.05, 0.1) is 24.4 Å². The number of para-hydroxylation sites is 2. The maximum Gasteiger partial charge on any atom is 0.264 e. The molecule has 2 aromatic carbocycles. The first-order chi connectivity index (χ1) is 15.1. The summed E-state index contributed by atoms with van der Waals surface area (Å²) in [4.78, 5) is 31.9. The van der Waals surface area contributed by atoms with Gasteiger partial charge in [-0.2, -0.15) is 10.4 Å². The van der Waals surface area contributed by atoms with E-state index < -0.39 is 0 Å². The summed E-state index contributed by atoms with van der Waals surface area (Å²) in [6.45, 7) is 2.02. The quantitative estimate of drug-likeness (QED) is 0.485. The Morgan fingerprint density at radius 3 is 2.61 bits per heavy atom. The smallest absolute Gasteiger partial charge is 0.264 e. The Hall–Kier alpha value is -4.25. The summed E-state index contributed by atoms with van der Waals surface area (Å²) in [5, 5.41) is 13.6. The van der Waals surface area contributed by atoms with E-state index in [1.165, 1.54) is 22.0 Å². The van der Waals surface area contributed by atoms with Gasteiger partial charge in [0, 0.05) is 12.2 Å². The van der Waals surface area contributed by atoms with Crippen LogP contribution in [0.25, 0.3) is 16.7 Å². The molecule has 2 aromatic heterocycles. The number of nitriles is 1. The standard InChI is InChI=1S/C23H20N6O2/c1-17-8-5-6-11-20(17)29-22-19(14-26-29)23(31)27(16-25-22)15-21(30)28(13-7-12-24)18-9-3-2-4-10-18/h2-6,8-11,14,16H,7,13,15H2,1H3. The Balaban J connectivity index is 1.66. The van der Waals surface area contributed by atoms with E-state index in [0.717, 1.165) is 11.3 Å². The van der Waals surface area contributed by atoms with Crippen molar-refractivity contribution >= 4 is 22.6 Å². The number of rotatable bonds is 6. The van der Waals surface area contributed by atoms with Crippen LogP contribution in [0.3, 0.4) is 0 Å². The van der Waals surface area contributed by atoms with Gasteiger partial charge in [0.25, 0.3) is 5.56 Å². The zero-order chi connectivity index (χ0) is 21.8. The van der Waals surface area contributed by atoms with Crippen molar-refractivity contribution in [1.82, 2.24) is 19.3 Å². The van der Waals surface area contributed by atoms with Crippen molar-refractivity contribution in [3.05, 3.63) is 83.0 Å². The van der Waals surface area contributed by atoms with E-state index >= 15 is 0 Å². The van der Waals surface area contributed by atoms with Crippen molar-refractivity contribution in [1.29, 1.82) is 5.26 Å². The van der Waals surface area contributed by atoms with Gasteiger partial charge in [0.1, 0.15) is 18.3 Å². The maximum atomic E-state index is 13.0. The van der Waals surface area contributed by atoms with Crippen LogP contribution in [0.15, 0.2) is 71.9 Å². The van der Waals surface area contributed by atoms with Gasteiger partial charge < -0.3 is 4.90 Å². The molecular weight excluding hydrogens is 392 g/mol. The Labute approximate surface area is 178 Å². The van der Waals surface area contributed by atoms with Gasteiger partial charge in [0.15, 0.2) is 5.65 Å². The van der Waals surface area contributed by atoms with Gasteiger partial charge in [-0.3, -0.25) is 14.2 Å². The molecule has 0 spiro atoms. The van der Waals surface area contributed by atoms with Crippen molar-refractivity contribution in [2.75, 3.05) is 11.4 Å². The largest absolute Gasteiger partial charge is 0.310 e. The molecule has 8 heteroatoms. The highest BCUT2D eigenvalue weighted by molar-refractivity contribution is 5.93. The average Bonchev–Trinajstić information content (AvgIpc) is 3.22. The van der Waals surface area contributed by atoms with E-state index in [2.05, 4.69) is 16.2 Å². The summed E-state index contributed by atoms with van der Waals surface area (Å²) in [7, 11) is 0. The lowest BCUT2D eigenvalue weighted by molar-refractivity contribution is -0.119. The summed E-state index contributed by atoms with van der Waals surface area (Å²) in [5.74, 6) is -0.295. The summed E-state index contributed by atoms with van der Waals surface area (Å²) in [6, 6.07) is 18.8. The van der Waals surface area contributed by atoms with Gasteiger partial charge in [-0.05, 0) is 30.7 Å². The zero-order valence-corrected chi connectivity index (χ0v) is 17.0. The van der Waals surface area contributed by atoms with Crippen LogP contribution in [-0.2, 0) is 11.3 Å². The number of carbonyl (C=O) groups excluding carboxylic acids is 1.